The molecular weight excluding hydrogens is 875 g/mol. The van der Waals surface area contributed by atoms with E-state index in [4.69, 9.17) is 37.4 Å². The van der Waals surface area contributed by atoms with Gasteiger partial charge < -0.3 is 28.5 Å². The minimum Gasteiger partial charge on any atom is -0.508 e. The number of rotatable bonds is 13. The number of phenols is 1. The fourth-order valence-electron chi connectivity index (χ4n) is 7.38. The average molecular weight is 919 g/mol. The third-order valence-corrected chi connectivity index (χ3v) is 11.1. The van der Waals surface area contributed by atoms with Gasteiger partial charge >= 0.3 is 11.9 Å². The van der Waals surface area contributed by atoms with Crippen LogP contribution in [0.2, 0.25) is 10.0 Å². The summed E-state index contributed by atoms with van der Waals surface area (Å²) in [5.41, 5.74) is 9.46. The van der Waals surface area contributed by atoms with Gasteiger partial charge in [0.25, 0.3) is 0 Å². The molecule has 0 atom stereocenters. The predicted octanol–water partition coefficient (Wildman–Crippen LogP) is 11.9. The maximum absolute atomic E-state index is 12.2. The highest BCUT2D eigenvalue weighted by molar-refractivity contribution is 9.09. The van der Waals surface area contributed by atoms with E-state index in [1.807, 2.05) is 42.6 Å². The second-order valence-electron chi connectivity index (χ2n) is 14.5. The first-order valence-corrected chi connectivity index (χ1v) is 21.4. The highest BCUT2D eigenvalue weighted by atomic mass is 79.9. The van der Waals surface area contributed by atoms with Gasteiger partial charge in [-0.25, -0.2) is 9.59 Å². The Labute approximate surface area is 373 Å². The Morgan fingerprint density at radius 2 is 1.10 bits per heavy atom. The molecule has 0 fully saturated rings. The van der Waals surface area contributed by atoms with Crippen LogP contribution in [0, 0.1) is 0 Å². The number of nitrogens with zero attached hydrogens (tertiary/aromatic N) is 2. The van der Waals surface area contributed by atoms with Gasteiger partial charge in [-0.05, 0) is 142 Å². The number of carbonyl (C=O) groups excluding carboxylic acids is 2. The van der Waals surface area contributed by atoms with Gasteiger partial charge in [-0.15, -0.1) is 0 Å². The van der Waals surface area contributed by atoms with Gasteiger partial charge in [0.2, 0.25) is 0 Å². The number of aromatic nitrogens is 2. The summed E-state index contributed by atoms with van der Waals surface area (Å²) < 4.78 is 19.9. The normalized spacial score (nSPS) is 11.0. The first kappa shape index (κ1) is 43.1. The van der Waals surface area contributed by atoms with E-state index in [-0.39, 0.29) is 17.7 Å². The lowest BCUT2D eigenvalue weighted by Gasteiger charge is -2.10. The number of esters is 2. The van der Waals surface area contributed by atoms with E-state index in [0.29, 0.717) is 47.2 Å². The maximum atomic E-state index is 12.2. The molecule has 0 saturated carbocycles. The van der Waals surface area contributed by atoms with E-state index in [9.17, 15) is 14.7 Å². The van der Waals surface area contributed by atoms with Crippen molar-refractivity contribution in [1.82, 2.24) is 9.13 Å². The van der Waals surface area contributed by atoms with Gasteiger partial charge in [0, 0.05) is 51.9 Å². The summed E-state index contributed by atoms with van der Waals surface area (Å²) in [5, 5.41) is 13.8. The molecule has 11 heteroatoms. The SMILES string of the molecule is COC(=O)c1cc(Cl)ccc1Cc1ccc2c(ccn2Cc2cccc(O)c2)c1.COC(=O)c1cc(Cl)ccc1Cc1ccc2c(ccn2Cc2cccc(OCCBr)c2)c1. The number of methoxy groups -OCH3 is 2. The van der Waals surface area contributed by atoms with Gasteiger partial charge in [0.1, 0.15) is 11.5 Å². The summed E-state index contributed by atoms with van der Waals surface area (Å²) in [4.78, 5) is 24.2. The van der Waals surface area contributed by atoms with Crippen molar-refractivity contribution < 1.29 is 28.9 Å². The topological polar surface area (TPSA) is 91.9 Å². The third-order valence-electron chi connectivity index (χ3n) is 10.3. The molecule has 0 spiro atoms. The molecule has 0 unspecified atom stereocenters. The molecule has 2 aromatic heterocycles. The van der Waals surface area contributed by atoms with Crippen LogP contribution in [0.25, 0.3) is 21.8 Å². The van der Waals surface area contributed by atoms with Crippen LogP contribution in [0.4, 0.5) is 0 Å². The van der Waals surface area contributed by atoms with E-state index >= 15 is 0 Å². The van der Waals surface area contributed by atoms with Crippen LogP contribution in [0.15, 0.2) is 146 Å². The number of aromatic hydroxyl groups is 1. The van der Waals surface area contributed by atoms with Gasteiger partial charge in [0.15, 0.2) is 0 Å². The largest absolute Gasteiger partial charge is 0.508 e. The molecule has 0 aliphatic rings. The maximum Gasteiger partial charge on any atom is 0.338 e. The Hall–Kier alpha value is -6.00. The zero-order valence-electron chi connectivity index (χ0n) is 33.6. The van der Waals surface area contributed by atoms with Crippen molar-refractivity contribution in [3.05, 3.63) is 200 Å². The van der Waals surface area contributed by atoms with Crippen molar-refractivity contribution in [2.75, 3.05) is 26.2 Å². The molecule has 0 aliphatic heterocycles. The smallest absolute Gasteiger partial charge is 0.338 e. The van der Waals surface area contributed by atoms with E-state index in [2.05, 4.69) is 91.9 Å². The lowest BCUT2D eigenvalue weighted by molar-refractivity contribution is 0.0590. The molecule has 8 rings (SSSR count). The highest BCUT2D eigenvalue weighted by Crippen LogP contribution is 2.27. The zero-order valence-corrected chi connectivity index (χ0v) is 36.7. The summed E-state index contributed by atoms with van der Waals surface area (Å²) >= 11 is 15.5. The Balaban J connectivity index is 0.000000185. The number of hydrogen-bond acceptors (Lipinski definition) is 6. The number of alkyl halides is 1. The molecule has 61 heavy (non-hydrogen) atoms. The van der Waals surface area contributed by atoms with Crippen LogP contribution in [0.3, 0.4) is 0 Å². The molecule has 0 bridgehead atoms. The molecule has 0 aliphatic carbocycles. The molecule has 1 N–H and O–H groups in total. The van der Waals surface area contributed by atoms with Crippen molar-refractivity contribution in [3.63, 3.8) is 0 Å². The lowest BCUT2D eigenvalue weighted by atomic mass is 9.99. The van der Waals surface area contributed by atoms with Crippen molar-refractivity contribution in [2.24, 2.45) is 0 Å². The number of phenolic OH excluding ortho intramolecular Hbond substituents is 1. The number of ether oxygens (including phenoxy) is 3. The second kappa shape index (κ2) is 20.0. The van der Waals surface area contributed by atoms with Crippen LogP contribution >= 0.6 is 39.1 Å². The van der Waals surface area contributed by atoms with Crippen LogP contribution in [-0.4, -0.2) is 52.3 Å². The number of hydrogen-bond donors (Lipinski definition) is 1. The van der Waals surface area contributed by atoms with E-state index in [1.165, 1.54) is 19.8 Å². The number of halogens is 3. The Morgan fingerprint density at radius 1 is 0.590 bits per heavy atom. The summed E-state index contributed by atoms with van der Waals surface area (Å²) in [7, 11) is 2.75. The molecule has 2 heterocycles. The van der Waals surface area contributed by atoms with Gasteiger partial charge in [-0.3, -0.25) is 0 Å². The summed E-state index contributed by atoms with van der Waals surface area (Å²) in [5.74, 6) is 0.383. The number of carbonyl (C=O) groups is 2. The molecule has 8 nitrogen and oxygen atoms in total. The van der Waals surface area contributed by atoms with E-state index < -0.39 is 0 Å². The lowest BCUT2D eigenvalue weighted by Crippen LogP contribution is -2.06. The monoisotopic (exact) mass is 916 g/mol. The van der Waals surface area contributed by atoms with Crippen molar-refractivity contribution in [2.45, 2.75) is 25.9 Å². The third kappa shape index (κ3) is 10.9. The average Bonchev–Trinajstić information content (AvgIpc) is 3.86. The molecule has 0 amide bonds. The quantitative estimate of drug-likeness (QED) is 0.0915. The van der Waals surface area contributed by atoms with Crippen LogP contribution < -0.4 is 4.74 Å². The fraction of sp³-hybridized carbons (Fsp3) is 0.160. The first-order chi connectivity index (χ1) is 29.6. The number of fused-ring (bicyclic) bond motifs is 2. The van der Waals surface area contributed by atoms with Crippen molar-refractivity contribution >= 4 is 72.9 Å². The van der Waals surface area contributed by atoms with Gasteiger partial charge in [-0.1, -0.05) is 87.7 Å². The number of benzene rings is 6. The van der Waals surface area contributed by atoms with E-state index in [1.54, 1.807) is 36.4 Å². The summed E-state index contributed by atoms with van der Waals surface area (Å²) in [6, 6.07) is 43.0. The minimum atomic E-state index is -0.388. The molecule has 8 aromatic rings. The molecule has 310 valence electrons. The van der Waals surface area contributed by atoms with Crippen LogP contribution in [-0.2, 0) is 35.4 Å². The van der Waals surface area contributed by atoms with Gasteiger partial charge in [-0.2, -0.15) is 0 Å². The van der Waals surface area contributed by atoms with Crippen molar-refractivity contribution in [3.8, 4) is 11.5 Å². The van der Waals surface area contributed by atoms with Gasteiger partial charge in [0.05, 0.1) is 32.0 Å². The standard InChI is InChI=1S/C26H23BrClNO3.C24H20ClNO3/c1-31-26(30)24-16-22(28)7-6-20(24)13-18-5-8-25-21(14-18)9-11-29(25)17-19-3-2-4-23(15-19)32-12-10-27;1-29-24(28)22-14-20(25)7-6-18(22)11-16-5-8-23-19(12-16)9-10-26(23)15-17-3-2-4-21(27)13-17/h2-9,11,14-16H,10,12-13,17H2,1H3;2-10,12-14,27H,11,15H2,1H3. The van der Waals surface area contributed by atoms with Crippen LogP contribution in [0.5, 0.6) is 11.5 Å². The predicted molar refractivity (Wildman–Crippen MR) is 247 cm³/mol. The minimum absolute atomic E-state index is 0.269. The van der Waals surface area contributed by atoms with Crippen LogP contribution in [0.1, 0.15) is 54.1 Å². The summed E-state index contributed by atoms with van der Waals surface area (Å²) in [6.07, 6.45) is 5.37. The molecule has 0 radical (unpaired) electrons. The Bertz CT molecular complexity index is 2830. The zero-order chi connectivity index (χ0) is 42.9. The first-order valence-electron chi connectivity index (χ1n) is 19.6. The Morgan fingerprint density at radius 3 is 1.59 bits per heavy atom. The Kier molecular flexibility index (Phi) is 14.2. The highest BCUT2D eigenvalue weighted by Gasteiger charge is 2.15. The van der Waals surface area contributed by atoms with Crippen molar-refractivity contribution in [1.29, 1.82) is 0 Å². The molecule has 6 aromatic carbocycles. The molecular formula is C50H43BrCl2N2O6. The second-order valence-corrected chi connectivity index (χ2v) is 16.1. The fourth-order valence-corrected chi connectivity index (χ4v) is 7.88. The summed E-state index contributed by atoms with van der Waals surface area (Å²) in [6.45, 7) is 2.09. The van der Waals surface area contributed by atoms with E-state index in [0.717, 1.165) is 67.2 Å². The molecule has 0 saturated heterocycles.